The molecule has 12 heavy (non-hydrogen) atoms. The van der Waals surface area contributed by atoms with Crippen LogP contribution in [-0.4, -0.2) is 21.8 Å². The van der Waals surface area contributed by atoms with Crippen LogP contribution in [0, 0.1) is 6.92 Å². The number of rotatable bonds is 3. The second-order valence-corrected chi connectivity index (χ2v) is 4.56. The van der Waals surface area contributed by atoms with Gasteiger partial charge in [0.2, 0.25) is 0 Å². The Balaban J connectivity index is 2.99. The molecule has 0 saturated carbocycles. The Bertz CT molecular complexity index is 296. The van der Waals surface area contributed by atoms with E-state index in [2.05, 4.69) is 4.98 Å². The number of nitrogens with zero attached hydrogens (tertiary/aromatic N) is 1. The SMILES string of the molecule is CCSc1nc(C)sc1C(=O)O. The highest BCUT2D eigenvalue weighted by Gasteiger charge is 2.14. The number of thiazole rings is 1. The summed E-state index contributed by atoms with van der Waals surface area (Å²) in [4.78, 5) is 15.1. The van der Waals surface area contributed by atoms with Gasteiger partial charge in [0, 0.05) is 0 Å². The Morgan fingerprint density at radius 2 is 2.42 bits per heavy atom. The maximum atomic E-state index is 10.7. The summed E-state index contributed by atoms with van der Waals surface area (Å²) in [6.07, 6.45) is 0. The summed E-state index contributed by atoms with van der Waals surface area (Å²) in [6, 6.07) is 0. The lowest BCUT2D eigenvalue weighted by atomic mass is 10.6. The highest BCUT2D eigenvalue weighted by Crippen LogP contribution is 2.26. The molecule has 0 aliphatic heterocycles. The number of hydrogen-bond acceptors (Lipinski definition) is 4. The number of carboxylic acids is 1. The van der Waals surface area contributed by atoms with Gasteiger partial charge < -0.3 is 5.11 Å². The van der Waals surface area contributed by atoms with Crippen molar-refractivity contribution in [3.05, 3.63) is 9.88 Å². The van der Waals surface area contributed by atoms with E-state index in [0.717, 1.165) is 10.8 Å². The minimum absolute atomic E-state index is 0.361. The molecule has 1 rings (SSSR count). The van der Waals surface area contributed by atoms with Crippen LogP contribution in [0.3, 0.4) is 0 Å². The van der Waals surface area contributed by atoms with Crippen LogP contribution < -0.4 is 0 Å². The number of aromatic carboxylic acids is 1. The van der Waals surface area contributed by atoms with Gasteiger partial charge >= 0.3 is 5.97 Å². The minimum atomic E-state index is -0.878. The van der Waals surface area contributed by atoms with Gasteiger partial charge in [0.05, 0.1) is 5.01 Å². The molecule has 0 radical (unpaired) electrons. The summed E-state index contributed by atoms with van der Waals surface area (Å²) in [6.45, 7) is 3.79. The second kappa shape index (κ2) is 3.91. The fourth-order valence-corrected chi connectivity index (χ4v) is 2.48. The number of aryl methyl sites for hydroxylation is 1. The van der Waals surface area contributed by atoms with Gasteiger partial charge in [0.25, 0.3) is 0 Å². The van der Waals surface area contributed by atoms with Crippen LogP contribution in [0.25, 0.3) is 0 Å². The van der Waals surface area contributed by atoms with Crippen molar-refractivity contribution < 1.29 is 9.90 Å². The summed E-state index contributed by atoms with van der Waals surface area (Å²) in [5, 5.41) is 10.2. The molecule has 1 aromatic heterocycles. The zero-order valence-corrected chi connectivity index (χ0v) is 8.46. The van der Waals surface area contributed by atoms with Crippen LogP contribution in [0.2, 0.25) is 0 Å². The molecule has 0 spiro atoms. The average molecular weight is 203 g/mol. The van der Waals surface area contributed by atoms with Gasteiger partial charge in [-0.15, -0.1) is 23.1 Å². The third kappa shape index (κ3) is 1.98. The molecule has 0 aliphatic carbocycles. The smallest absolute Gasteiger partial charge is 0.348 e. The Kier molecular flexibility index (Phi) is 3.11. The first-order valence-corrected chi connectivity index (χ1v) is 5.29. The number of carbonyl (C=O) groups is 1. The number of aromatic nitrogens is 1. The Labute approximate surface area is 78.8 Å². The predicted molar refractivity (Wildman–Crippen MR) is 50.2 cm³/mol. The molecule has 0 amide bonds. The van der Waals surface area contributed by atoms with Gasteiger partial charge in [-0.3, -0.25) is 0 Å². The lowest BCUT2D eigenvalue weighted by Gasteiger charge is -1.92. The molecule has 1 aromatic rings. The van der Waals surface area contributed by atoms with E-state index in [0.29, 0.717) is 9.90 Å². The van der Waals surface area contributed by atoms with E-state index in [4.69, 9.17) is 5.11 Å². The summed E-state index contributed by atoms with van der Waals surface area (Å²) in [5.41, 5.74) is 0. The third-order valence-electron chi connectivity index (χ3n) is 1.18. The predicted octanol–water partition coefficient (Wildman–Crippen LogP) is 2.26. The van der Waals surface area contributed by atoms with Crippen LogP contribution in [0.15, 0.2) is 5.03 Å². The monoisotopic (exact) mass is 203 g/mol. The van der Waals surface area contributed by atoms with Crippen LogP contribution in [0.1, 0.15) is 21.6 Å². The third-order valence-corrected chi connectivity index (χ3v) is 3.12. The van der Waals surface area contributed by atoms with E-state index in [9.17, 15) is 4.79 Å². The van der Waals surface area contributed by atoms with E-state index in [1.807, 2.05) is 13.8 Å². The highest BCUT2D eigenvalue weighted by molar-refractivity contribution is 7.99. The summed E-state index contributed by atoms with van der Waals surface area (Å²) in [7, 11) is 0. The molecule has 66 valence electrons. The van der Waals surface area contributed by atoms with Gasteiger partial charge in [-0.2, -0.15) is 0 Å². The largest absolute Gasteiger partial charge is 0.477 e. The first-order valence-electron chi connectivity index (χ1n) is 3.48. The fraction of sp³-hybridized carbons (Fsp3) is 0.429. The molecule has 0 bridgehead atoms. The second-order valence-electron chi connectivity index (χ2n) is 2.11. The van der Waals surface area contributed by atoms with Crippen molar-refractivity contribution >= 4 is 29.1 Å². The van der Waals surface area contributed by atoms with Crippen molar-refractivity contribution in [2.75, 3.05) is 5.75 Å². The van der Waals surface area contributed by atoms with E-state index >= 15 is 0 Å². The zero-order chi connectivity index (χ0) is 9.14. The molecule has 0 aliphatic rings. The van der Waals surface area contributed by atoms with Crippen LogP contribution >= 0.6 is 23.1 Å². The first-order chi connectivity index (χ1) is 5.65. The van der Waals surface area contributed by atoms with Crippen molar-refractivity contribution in [1.82, 2.24) is 4.98 Å². The zero-order valence-electron chi connectivity index (χ0n) is 6.83. The fourth-order valence-electron chi connectivity index (χ4n) is 0.778. The number of thioether (sulfide) groups is 1. The molecule has 1 heterocycles. The maximum Gasteiger partial charge on any atom is 0.348 e. The average Bonchev–Trinajstić information content (AvgIpc) is 2.32. The normalized spacial score (nSPS) is 10.2. The molecule has 0 unspecified atom stereocenters. The molecule has 0 atom stereocenters. The molecule has 5 heteroatoms. The minimum Gasteiger partial charge on any atom is -0.477 e. The van der Waals surface area contributed by atoms with E-state index < -0.39 is 5.97 Å². The van der Waals surface area contributed by atoms with Crippen molar-refractivity contribution in [2.24, 2.45) is 0 Å². The van der Waals surface area contributed by atoms with E-state index in [1.165, 1.54) is 23.1 Å². The van der Waals surface area contributed by atoms with Crippen LogP contribution in [0.5, 0.6) is 0 Å². The molecule has 0 fully saturated rings. The molecule has 1 N–H and O–H groups in total. The van der Waals surface area contributed by atoms with Crippen LogP contribution in [-0.2, 0) is 0 Å². The Morgan fingerprint density at radius 3 is 2.92 bits per heavy atom. The summed E-state index contributed by atoms with van der Waals surface area (Å²) >= 11 is 2.70. The lowest BCUT2D eigenvalue weighted by Crippen LogP contribution is -1.94. The van der Waals surface area contributed by atoms with E-state index in [-0.39, 0.29) is 0 Å². The van der Waals surface area contributed by atoms with Gasteiger partial charge in [-0.25, -0.2) is 9.78 Å². The van der Waals surface area contributed by atoms with Gasteiger partial charge in [0.15, 0.2) is 0 Å². The molecule has 0 saturated heterocycles. The Morgan fingerprint density at radius 1 is 1.75 bits per heavy atom. The van der Waals surface area contributed by atoms with Gasteiger partial charge in [-0.05, 0) is 12.7 Å². The topological polar surface area (TPSA) is 50.2 Å². The summed E-state index contributed by atoms with van der Waals surface area (Å²) in [5.74, 6) is -0.0275. The first kappa shape index (κ1) is 9.54. The van der Waals surface area contributed by atoms with E-state index in [1.54, 1.807) is 0 Å². The Hall–Kier alpha value is -0.550. The molecule has 3 nitrogen and oxygen atoms in total. The van der Waals surface area contributed by atoms with Gasteiger partial charge in [-0.1, -0.05) is 6.92 Å². The maximum absolute atomic E-state index is 10.7. The highest BCUT2D eigenvalue weighted by atomic mass is 32.2. The van der Waals surface area contributed by atoms with Crippen molar-refractivity contribution in [1.29, 1.82) is 0 Å². The van der Waals surface area contributed by atoms with Crippen LogP contribution in [0.4, 0.5) is 0 Å². The van der Waals surface area contributed by atoms with Crippen molar-refractivity contribution in [3.8, 4) is 0 Å². The number of hydrogen-bond donors (Lipinski definition) is 1. The number of carboxylic acid groups (broad SMARTS) is 1. The van der Waals surface area contributed by atoms with Crippen molar-refractivity contribution in [3.63, 3.8) is 0 Å². The lowest BCUT2D eigenvalue weighted by molar-refractivity contribution is 0.0698. The quantitative estimate of drug-likeness (QED) is 0.765. The molecular formula is C7H9NO2S2. The molecular weight excluding hydrogens is 194 g/mol. The molecule has 0 aromatic carbocycles. The van der Waals surface area contributed by atoms with Gasteiger partial charge in [0.1, 0.15) is 9.90 Å². The standard InChI is InChI=1S/C7H9NO2S2/c1-3-11-6-5(7(9)10)12-4(2)8-6/h3H2,1-2H3,(H,9,10). The summed E-state index contributed by atoms with van der Waals surface area (Å²) < 4.78 is 0. The van der Waals surface area contributed by atoms with Crippen molar-refractivity contribution in [2.45, 2.75) is 18.9 Å².